The lowest BCUT2D eigenvalue weighted by Gasteiger charge is -2.36. The molecule has 1 aromatic carbocycles. The summed E-state index contributed by atoms with van der Waals surface area (Å²) in [5.74, 6) is 0. The molecule has 3 rings (SSSR count). The maximum atomic E-state index is 3.86. The Labute approximate surface area is 114 Å². The second kappa shape index (κ2) is 5.03. The summed E-state index contributed by atoms with van der Waals surface area (Å²) in [6.07, 6.45) is 7.43. The van der Waals surface area contributed by atoms with Gasteiger partial charge in [0.25, 0.3) is 0 Å². The van der Waals surface area contributed by atoms with Crippen LogP contribution in [-0.2, 0) is 0 Å². The Morgan fingerprint density at radius 3 is 2.63 bits per heavy atom. The van der Waals surface area contributed by atoms with Gasteiger partial charge in [0.2, 0.25) is 0 Å². The van der Waals surface area contributed by atoms with Crippen molar-refractivity contribution in [2.24, 2.45) is 0 Å². The maximum absolute atomic E-state index is 3.86. The highest BCUT2D eigenvalue weighted by Gasteiger charge is 2.19. The van der Waals surface area contributed by atoms with Crippen molar-refractivity contribution in [1.29, 1.82) is 0 Å². The molecule has 1 atom stereocenters. The number of aromatic nitrogens is 3. The molecule has 0 saturated carbocycles. The van der Waals surface area contributed by atoms with Gasteiger partial charge in [-0.05, 0) is 56.9 Å². The van der Waals surface area contributed by atoms with E-state index in [1.54, 1.807) is 12.7 Å². The van der Waals surface area contributed by atoms with E-state index in [1.165, 1.54) is 37.1 Å². The van der Waals surface area contributed by atoms with Crippen LogP contribution in [0.15, 0.2) is 30.9 Å². The summed E-state index contributed by atoms with van der Waals surface area (Å²) >= 11 is 0. The molecule has 100 valence electrons. The first kappa shape index (κ1) is 12.2. The molecule has 0 aliphatic carbocycles. The van der Waals surface area contributed by atoms with E-state index in [1.807, 2.05) is 4.57 Å². The Balaban J connectivity index is 1.91. The summed E-state index contributed by atoms with van der Waals surface area (Å²) in [6, 6.07) is 7.23. The third kappa shape index (κ3) is 2.35. The standard InChI is InChI=1S/C15H20N4/c1-12-9-14(18-10-16-17-11-18)6-7-15(12)19-8-4-3-5-13(19)2/h6-7,9-11,13H,3-5,8H2,1-2H3/t13-/m1/s1. The van der Waals surface area contributed by atoms with Crippen molar-refractivity contribution in [3.63, 3.8) is 0 Å². The van der Waals surface area contributed by atoms with Crippen LogP contribution in [0.25, 0.3) is 5.69 Å². The number of hydrogen-bond donors (Lipinski definition) is 0. The molecule has 0 unspecified atom stereocenters. The number of rotatable bonds is 2. The Hall–Kier alpha value is -1.84. The Kier molecular flexibility index (Phi) is 3.23. The van der Waals surface area contributed by atoms with Crippen molar-refractivity contribution < 1.29 is 0 Å². The Bertz CT molecular complexity index is 547. The first-order valence-electron chi connectivity index (χ1n) is 6.98. The van der Waals surface area contributed by atoms with Crippen LogP contribution in [-0.4, -0.2) is 27.4 Å². The first-order chi connectivity index (χ1) is 9.25. The molecule has 1 aromatic heterocycles. The second-order valence-corrected chi connectivity index (χ2v) is 5.38. The zero-order valence-electron chi connectivity index (χ0n) is 11.6. The van der Waals surface area contributed by atoms with Gasteiger partial charge in [0.05, 0.1) is 0 Å². The van der Waals surface area contributed by atoms with Gasteiger partial charge in [-0.3, -0.25) is 4.57 Å². The molecule has 1 saturated heterocycles. The van der Waals surface area contributed by atoms with Crippen molar-refractivity contribution in [1.82, 2.24) is 14.8 Å². The first-order valence-corrected chi connectivity index (χ1v) is 6.98. The number of hydrogen-bond acceptors (Lipinski definition) is 3. The van der Waals surface area contributed by atoms with Crippen LogP contribution < -0.4 is 4.90 Å². The molecular weight excluding hydrogens is 236 g/mol. The molecule has 1 aliphatic heterocycles. The third-order valence-corrected chi connectivity index (χ3v) is 4.01. The highest BCUT2D eigenvalue weighted by molar-refractivity contribution is 5.58. The van der Waals surface area contributed by atoms with Gasteiger partial charge in [-0.25, -0.2) is 0 Å². The molecule has 2 heterocycles. The minimum absolute atomic E-state index is 0.646. The van der Waals surface area contributed by atoms with E-state index in [9.17, 15) is 0 Å². The molecule has 19 heavy (non-hydrogen) atoms. The fourth-order valence-electron chi connectivity index (χ4n) is 2.91. The van der Waals surface area contributed by atoms with E-state index >= 15 is 0 Å². The molecule has 0 amide bonds. The third-order valence-electron chi connectivity index (χ3n) is 4.01. The lowest BCUT2D eigenvalue weighted by molar-refractivity contribution is 0.484. The molecule has 2 aromatic rings. The summed E-state index contributed by atoms with van der Waals surface area (Å²) in [7, 11) is 0. The normalized spacial score (nSPS) is 19.7. The van der Waals surface area contributed by atoms with Gasteiger partial charge in [0.1, 0.15) is 12.7 Å². The van der Waals surface area contributed by atoms with Crippen molar-refractivity contribution >= 4 is 5.69 Å². The van der Waals surface area contributed by atoms with Gasteiger partial charge in [0.15, 0.2) is 0 Å². The van der Waals surface area contributed by atoms with Crippen molar-refractivity contribution in [3.8, 4) is 5.69 Å². The number of anilines is 1. The summed E-state index contributed by atoms with van der Waals surface area (Å²) in [5.41, 5.74) is 3.81. The topological polar surface area (TPSA) is 34.0 Å². The molecule has 0 N–H and O–H groups in total. The average molecular weight is 256 g/mol. The van der Waals surface area contributed by atoms with Crippen molar-refractivity contribution in [2.75, 3.05) is 11.4 Å². The zero-order chi connectivity index (χ0) is 13.2. The van der Waals surface area contributed by atoms with Crippen LogP contribution >= 0.6 is 0 Å². The van der Waals surface area contributed by atoms with Gasteiger partial charge in [-0.2, -0.15) is 0 Å². The van der Waals surface area contributed by atoms with E-state index in [2.05, 4.69) is 47.1 Å². The van der Waals surface area contributed by atoms with Crippen LogP contribution in [0.5, 0.6) is 0 Å². The minimum Gasteiger partial charge on any atom is -0.369 e. The van der Waals surface area contributed by atoms with Crippen molar-refractivity contribution in [3.05, 3.63) is 36.4 Å². The largest absolute Gasteiger partial charge is 0.369 e. The highest BCUT2D eigenvalue weighted by atomic mass is 15.2. The van der Waals surface area contributed by atoms with Gasteiger partial charge in [-0.15, -0.1) is 10.2 Å². The minimum atomic E-state index is 0.646. The summed E-state index contributed by atoms with van der Waals surface area (Å²) in [4.78, 5) is 2.54. The maximum Gasteiger partial charge on any atom is 0.123 e. The van der Waals surface area contributed by atoms with E-state index < -0.39 is 0 Å². The number of aryl methyl sites for hydroxylation is 1. The van der Waals surface area contributed by atoms with Crippen LogP contribution in [0.1, 0.15) is 31.7 Å². The second-order valence-electron chi connectivity index (χ2n) is 5.38. The smallest absolute Gasteiger partial charge is 0.123 e. The van der Waals surface area contributed by atoms with E-state index in [0.29, 0.717) is 6.04 Å². The van der Waals surface area contributed by atoms with Gasteiger partial charge in [-0.1, -0.05) is 0 Å². The fraction of sp³-hybridized carbons (Fsp3) is 0.467. The number of piperidine rings is 1. The summed E-state index contributed by atoms with van der Waals surface area (Å²) in [6.45, 7) is 5.69. The Morgan fingerprint density at radius 2 is 1.95 bits per heavy atom. The van der Waals surface area contributed by atoms with Gasteiger partial charge in [0, 0.05) is 24.0 Å². The fourth-order valence-corrected chi connectivity index (χ4v) is 2.91. The predicted molar refractivity (Wildman–Crippen MR) is 76.8 cm³/mol. The quantitative estimate of drug-likeness (QED) is 0.828. The molecule has 1 fully saturated rings. The molecule has 0 bridgehead atoms. The average Bonchev–Trinajstić information content (AvgIpc) is 2.94. The van der Waals surface area contributed by atoms with Crippen LogP contribution in [0, 0.1) is 6.92 Å². The predicted octanol–water partition coefficient (Wildman–Crippen LogP) is 2.95. The van der Waals surface area contributed by atoms with Crippen LogP contribution in [0.3, 0.4) is 0 Å². The van der Waals surface area contributed by atoms with E-state index in [0.717, 1.165) is 5.69 Å². The molecular formula is C15H20N4. The van der Waals surface area contributed by atoms with E-state index in [4.69, 9.17) is 0 Å². The SMILES string of the molecule is Cc1cc(-n2cnnc2)ccc1N1CCCC[C@H]1C. The van der Waals surface area contributed by atoms with Crippen LogP contribution in [0.2, 0.25) is 0 Å². The molecule has 4 nitrogen and oxygen atoms in total. The Morgan fingerprint density at radius 1 is 1.16 bits per heavy atom. The molecule has 4 heteroatoms. The lowest BCUT2D eigenvalue weighted by atomic mass is 10.0. The molecule has 0 radical (unpaired) electrons. The monoisotopic (exact) mass is 256 g/mol. The summed E-state index contributed by atoms with van der Waals surface area (Å²) in [5, 5.41) is 7.71. The highest BCUT2D eigenvalue weighted by Crippen LogP contribution is 2.28. The molecule has 1 aliphatic rings. The van der Waals surface area contributed by atoms with Gasteiger partial charge < -0.3 is 4.90 Å². The zero-order valence-corrected chi connectivity index (χ0v) is 11.6. The number of benzene rings is 1. The van der Waals surface area contributed by atoms with Crippen molar-refractivity contribution in [2.45, 2.75) is 39.2 Å². The summed E-state index contributed by atoms with van der Waals surface area (Å²) < 4.78 is 1.94. The lowest BCUT2D eigenvalue weighted by Crippen LogP contribution is -2.37. The number of nitrogens with zero attached hydrogens (tertiary/aromatic N) is 4. The van der Waals surface area contributed by atoms with Crippen LogP contribution in [0.4, 0.5) is 5.69 Å². The van der Waals surface area contributed by atoms with Gasteiger partial charge >= 0.3 is 0 Å². The molecule has 0 spiro atoms. The van der Waals surface area contributed by atoms with E-state index in [-0.39, 0.29) is 0 Å².